The van der Waals surface area contributed by atoms with E-state index in [1.165, 1.54) is 11.6 Å². The van der Waals surface area contributed by atoms with E-state index >= 15 is 0 Å². The van der Waals surface area contributed by atoms with Crippen LogP contribution in [-0.2, 0) is 6.54 Å². The maximum Gasteiger partial charge on any atom is 0.257 e. The number of para-hydroxylation sites is 1. The van der Waals surface area contributed by atoms with Crippen molar-refractivity contribution in [2.24, 2.45) is 0 Å². The highest BCUT2D eigenvalue weighted by molar-refractivity contribution is 6.04. The van der Waals surface area contributed by atoms with Gasteiger partial charge in [0.15, 0.2) is 0 Å². The minimum Gasteiger partial charge on any atom is -0.322 e. The molecule has 4 nitrogen and oxygen atoms in total. The predicted molar refractivity (Wildman–Crippen MR) is 105 cm³/mol. The molecule has 3 aromatic rings. The average molecular weight is 346 g/mol. The van der Waals surface area contributed by atoms with E-state index in [1.54, 1.807) is 16.8 Å². The number of pyridine rings is 1. The summed E-state index contributed by atoms with van der Waals surface area (Å²) >= 11 is 0. The molecule has 0 bridgehead atoms. The maximum absolute atomic E-state index is 12.4. The van der Waals surface area contributed by atoms with Gasteiger partial charge in [-0.3, -0.25) is 9.59 Å². The number of nitrogens with zero attached hydrogens (tertiary/aromatic N) is 1. The predicted octanol–water partition coefficient (Wildman–Crippen LogP) is 4.27. The molecule has 0 saturated carbocycles. The summed E-state index contributed by atoms with van der Waals surface area (Å²) < 4.78 is 1.56. The van der Waals surface area contributed by atoms with Crippen LogP contribution < -0.4 is 10.9 Å². The molecule has 1 heterocycles. The monoisotopic (exact) mass is 346 g/mol. The number of hydrogen-bond donors (Lipinski definition) is 1. The van der Waals surface area contributed by atoms with Gasteiger partial charge in [0.1, 0.15) is 0 Å². The standard InChI is InChI=1S/C22H22N2O2/c1-16(2)18-10-8-17(9-11-18)14-24-15-19(12-13-21(24)25)22(26)23-20-6-4-3-5-7-20/h3-13,15-16H,14H2,1-2H3,(H,23,26). The van der Waals surface area contributed by atoms with Gasteiger partial charge in [0.2, 0.25) is 0 Å². The van der Waals surface area contributed by atoms with Crippen LogP contribution in [0.3, 0.4) is 0 Å². The highest BCUT2D eigenvalue weighted by atomic mass is 16.2. The number of carbonyl (C=O) groups is 1. The highest BCUT2D eigenvalue weighted by Crippen LogP contribution is 2.15. The molecule has 3 rings (SSSR count). The van der Waals surface area contributed by atoms with Crippen molar-refractivity contribution in [3.8, 4) is 0 Å². The number of nitrogens with one attached hydrogen (secondary N) is 1. The maximum atomic E-state index is 12.4. The summed E-state index contributed by atoms with van der Waals surface area (Å²) in [5, 5.41) is 2.83. The summed E-state index contributed by atoms with van der Waals surface area (Å²) in [5.41, 5.74) is 3.33. The fourth-order valence-electron chi connectivity index (χ4n) is 2.72. The number of carbonyl (C=O) groups excluding carboxylic acids is 1. The van der Waals surface area contributed by atoms with E-state index in [2.05, 4.69) is 31.3 Å². The first-order valence-electron chi connectivity index (χ1n) is 8.68. The molecule has 0 aliphatic heterocycles. The minimum absolute atomic E-state index is 0.130. The zero-order valence-corrected chi connectivity index (χ0v) is 15.0. The lowest BCUT2D eigenvalue weighted by Gasteiger charge is -2.10. The summed E-state index contributed by atoms with van der Waals surface area (Å²) in [6.45, 7) is 4.73. The molecule has 0 aliphatic carbocycles. The molecule has 2 aromatic carbocycles. The van der Waals surface area contributed by atoms with Crippen molar-refractivity contribution in [2.75, 3.05) is 5.32 Å². The highest BCUT2D eigenvalue weighted by Gasteiger charge is 2.09. The van der Waals surface area contributed by atoms with Crippen LogP contribution in [0, 0.1) is 0 Å². The van der Waals surface area contributed by atoms with Crippen molar-refractivity contribution in [3.05, 3.63) is 100.0 Å². The van der Waals surface area contributed by atoms with Crippen LogP contribution in [0.15, 0.2) is 77.7 Å². The van der Waals surface area contributed by atoms with Crippen molar-refractivity contribution < 1.29 is 4.79 Å². The number of aromatic nitrogens is 1. The first-order chi connectivity index (χ1) is 12.5. The number of hydrogen-bond acceptors (Lipinski definition) is 2. The summed E-state index contributed by atoms with van der Waals surface area (Å²) in [4.78, 5) is 24.6. The molecule has 0 atom stereocenters. The molecule has 0 spiro atoms. The number of amides is 1. The topological polar surface area (TPSA) is 51.1 Å². The normalized spacial score (nSPS) is 10.7. The molecule has 0 saturated heterocycles. The molecule has 0 radical (unpaired) electrons. The Morgan fingerprint density at radius 1 is 0.962 bits per heavy atom. The number of rotatable bonds is 5. The molecule has 1 aromatic heterocycles. The Bertz CT molecular complexity index is 942. The average Bonchev–Trinajstić information content (AvgIpc) is 2.64. The quantitative estimate of drug-likeness (QED) is 0.750. The van der Waals surface area contributed by atoms with E-state index in [-0.39, 0.29) is 11.5 Å². The molecule has 0 aliphatic rings. The fraction of sp³-hybridized carbons (Fsp3) is 0.182. The Balaban J connectivity index is 1.79. The molecular formula is C22H22N2O2. The Kier molecular flexibility index (Phi) is 5.32. The Labute approximate surface area is 153 Å². The van der Waals surface area contributed by atoms with Gasteiger partial charge in [0.05, 0.1) is 12.1 Å². The Morgan fingerprint density at radius 2 is 1.65 bits per heavy atom. The van der Waals surface area contributed by atoms with Crippen LogP contribution in [0.4, 0.5) is 5.69 Å². The molecule has 0 unspecified atom stereocenters. The van der Waals surface area contributed by atoms with Gasteiger partial charge in [-0.2, -0.15) is 0 Å². The second-order valence-electron chi connectivity index (χ2n) is 6.60. The van der Waals surface area contributed by atoms with Gasteiger partial charge in [0.25, 0.3) is 11.5 Å². The molecule has 1 N–H and O–H groups in total. The second kappa shape index (κ2) is 7.83. The van der Waals surface area contributed by atoms with Gasteiger partial charge in [-0.15, -0.1) is 0 Å². The van der Waals surface area contributed by atoms with Crippen molar-refractivity contribution in [2.45, 2.75) is 26.3 Å². The third-order valence-corrected chi connectivity index (χ3v) is 4.28. The van der Waals surface area contributed by atoms with Crippen molar-refractivity contribution >= 4 is 11.6 Å². The van der Waals surface area contributed by atoms with Gasteiger partial charge in [-0.05, 0) is 35.2 Å². The fourth-order valence-corrected chi connectivity index (χ4v) is 2.72. The van der Waals surface area contributed by atoms with E-state index in [9.17, 15) is 9.59 Å². The van der Waals surface area contributed by atoms with Crippen LogP contribution in [-0.4, -0.2) is 10.5 Å². The smallest absolute Gasteiger partial charge is 0.257 e. The van der Waals surface area contributed by atoms with Gasteiger partial charge in [-0.1, -0.05) is 56.3 Å². The first-order valence-corrected chi connectivity index (χ1v) is 8.68. The lowest BCUT2D eigenvalue weighted by Crippen LogP contribution is -2.22. The zero-order valence-electron chi connectivity index (χ0n) is 15.0. The van der Waals surface area contributed by atoms with E-state index < -0.39 is 0 Å². The van der Waals surface area contributed by atoms with Gasteiger partial charge < -0.3 is 9.88 Å². The Morgan fingerprint density at radius 3 is 2.31 bits per heavy atom. The van der Waals surface area contributed by atoms with E-state index in [0.717, 1.165) is 11.3 Å². The summed E-state index contributed by atoms with van der Waals surface area (Å²) in [6, 6.07) is 20.5. The molecule has 26 heavy (non-hydrogen) atoms. The van der Waals surface area contributed by atoms with E-state index in [0.29, 0.717) is 18.0 Å². The van der Waals surface area contributed by atoms with Crippen molar-refractivity contribution in [1.29, 1.82) is 0 Å². The minimum atomic E-state index is -0.236. The van der Waals surface area contributed by atoms with Crippen molar-refractivity contribution in [3.63, 3.8) is 0 Å². The molecule has 1 amide bonds. The van der Waals surface area contributed by atoms with E-state index in [1.807, 2.05) is 42.5 Å². The molecule has 0 fully saturated rings. The SMILES string of the molecule is CC(C)c1ccc(Cn2cc(C(=O)Nc3ccccc3)ccc2=O)cc1. The van der Waals surface area contributed by atoms with Crippen LogP contribution in [0.5, 0.6) is 0 Å². The third kappa shape index (κ3) is 4.28. The largest absolute Gasteiger partial charge is 0.322 e. The molecule has 132 valence electrons. The lowest BCUT2D eigenvalue weighted by atomic mass is 10.0. The third-order valence-electron chi connectivity index (χ3n) is 4.28. The second-order valence-corrected chi connectivity index (χ2v) is 6.60. The number of benzene rings is 2. The van der Waals surface area contributed by atoms with Crippen LogP contribution in [0.1, 0.15) is 41.3 Å². The summed E-state index contributed by atoms with van der Waals surface area (Å²) in [6.07, 6.45) is 1.61. The number of anilines is 1. The van der Waals surface area contributed by atoms with Gasteiger partial charge in [0, 0.05) is 18.0 Å². The zero-order chi connectivity index (χ0) is 18.5. The van der Waals surface area contributed by atoms with Crippen LogP contribution in [0.25, 0.3) is 0 Å². The summed E-state index contributed by atoms with van der Waals surface area (Å²) in [5.74, 6) is 0.233. The van der Waals surface area contributed by atoms with Crippen molar-refractivity contribution in [1.82, 2.24) is 4.57 Å². The van der Waals surface area contributed by atoms with Crippen LogP contribution in [0.2, 0.25) is 0 Å². The molecule has 4 heteroatoms. The van der Waals surface area contributed by atoms with Gasteiger partial charge >= 0.3 is 0 Å². The first kappa shape index (κ1) is 17.7. The summed E-state index contributed by atoms with van der Waals surface area (Å²) in [7, 11) is 0. The van der Waals surface area contributed by atoms with Gasteiger partial charge in [-0.25, -0.2) is 0 Å². The molecular weight excluding hydrogens is 324 g/mol. The van der Waals surface area contributed by atoms with E-state index in [4.69, 9.17) is 0 Å². The Hall–Kier alpha value is -3.14. The lowest BCUT2D eigenvalue weighted by molar-refractivity contribution is 0.102. The van der Waals surface area contributed by atoms with Crippen LogP contribution >= 0.6 is 0 Å².